The van der Waals surface area contributed by atoms with Crippen LogP contribution in [0.5, 0.6) is 5.75 Å². The Morgan fingerprint density at radius 1 is 1.03 bits per heavy atom. The van der Waals surface area contributed by atoms with Crippen molar-refractivity contribution in [3.05, 3.63) is 96.4 Å². The molecule has 1 saturated carbocycles. The minimum atomic E-state index is -0.387. The minimum Gasteiger partial charge on any atom is -0.410 e. The first-order valence-corrected chi connectivity index (χ1v) is 11.3. The molecule has 0 radical (unpaired) electrons. The van der Waals surface area contributed by atoms with Gasteiger partial charge < -0.3 is 14.6 Å². The molecular formula is C27H27N3O2. The zero-order valence-electron chi connectivity index (χ0n) is 18.0. The van der Waals surface area contributed by atoms with E-state index in [1.807, 2.05) is 54.7 Å². The highest BCUT2D eigenvalue weighted by atomic mass is 16.6. The average Bonchev–Trinajstić information content (AvgIpc) is 3.47. The number of nitrogens with one attached hydrogen (secondary N) is 1. The number of hydrogen-bond acceptors (Lipinski definition) is 3. The summed E-state index contributed by atoms with van der Waals surface area (Å²) in [4.78, 5) is 16.7. The summed E-state index contributed by atoms with van der Waals surface area (Å²) in [7, 11) is 0. The number of rotatable bonds is 8. The largest absolute Gasteiger partial charge is 0.412 e. The van der Waals surface area contributed by atoms with Crippen molar-refractivity contribution in [3.8, 4) is 5.75 Å². The summed E-state index contributed by atoms with van der Waals surface area (Å²) >= 11 is 0. The van der Waals surface area contributed by atoms with Crippen LogP contribution in [0.25, 0.3) is 10.9 Å². The molecule has 32 heavy (non-hydrogen) atoms. The zero-order valence-corrected chi connectivity index (χ0v) is 18.0. The molecule has 1 amide bonds. The first kappa shape index (κ1) is 20.3. The Balaban J connectivity index is 1.12. The monoisotopic (exact) mass is 425 g/mol. The van der Waals surface area contributed by atoms with Crippen molar-refractivity contribution in [2.24, 2.45) is 0 Å². The number of carbonyl (C=O) groups is 1. The van der Waals surface area contributed by atoms with Gasteiger partial charge in [-0.25, -0.2) is 4.79 Å². The van der Waals surface area contributed by atoms with Crippen LogP contribution in [-0.4, -0.2) is 21.7 Å². The minimum absolute atomic E-state index is 0.154. The lowest BCUT2D eigenvalue weighted by molar-refractivity contribution is 0.200. The number of unbranched alkanes of at least 4 members (excludes halogenated alkanes) is 1. The molecule has 162 valence electrons. The molecule has 2 atom stereocenters. The second-order valence-corrected chi connectivity index (χ2v) is 8.40. The van der Waals surface area contributed by atoms with Crippen LogP contribution in [0.3, 0.4) is 0 Å². The van der Waals surface area contributed by atoms with Crippen molar-refractivity contribution in [1.29, 1.82) is 0 Å². The van der Waals surface area contributed by atoms with Crippen molar-refractivity contribution >= 4 is 17.0 Å². The fourth-order valence-corrected chi connectivity index (χ4v) is 4.28. The molecule has 5 heteroatoms. The molecule has 2 aromatic carbocycles. The summed E-state index contributed by atoms with van der Waals surface area (Å²) in [5.74, 6) is 0.956. The van der Waals surface area contributed by atoms with E-state index in [9.17, 15) is 4.79 Å². The summed E-state index contributed by atoms with van der Waals surface area (Å²) in [5.41, 5.74) is 3.56. The number of pyridine rings is 1. The van der Waals surface area contributed by atoms with E-state index in [1.165, 1.54) is 5.56 Å². The Morgan fingerprint density at radius 3 is 2.75 bits per heavy atom. The smallest absolute Gasteiger partial charge is 0.410 e. The van der Waals surface area contributed by atoms with Crippen LogP contribution < -0.4 is 10.1 Å². The summed E-state index contributed by atoms with van der Waals surface area (Å²) in [6.07, 6.45) is 7.71. The number of ether oxygens (including phenoxy) is 1. The van der Waals surface area contributed by atoms with Gasteiger partial charge in [0.15, 0.2) is 0 Å². The molecule has 1 N–H and O–H groups in total. The molecule has 1 aliphatic rings. The van der Waals surface area contributed by atoms with E-state index >= 15 is 0 Å². The maximum atomic E-state index is 12.3. The molecular weight excluding hydrogens is 398 g/mol. The van der Waals surface area contributed by atoms with Crippen molar-refractivity contribution in [1.82, 2.24) is 14.9 Å². The van der Waals surface area contributed by atoms with Crippen LogP contribution in [0, 0.1) is 0 Å². The van der Waals surface area contributed by atoms with Crippen LogP contribution in [0.4, 0.5) is 4.79 Å². The predicted octanol–water partition coefficient (Wildman–Crippen LogP) is 5.70. The second kappa shape index (κ2) is 9.27. The van der Waals surface area contributed by atoms with Gasteiger partial charge in [0.05, 0.1) is 0 Å². The Bertz CT molecular complexity index is 1190. The molecule has 0 spiro atoms. The van der Waals surface area contributed by atoms with Crippen LogP contribution in [0.2, 0.25) is 0 Å². The van der Waals surface area contributed by atoms with E-state index in [0.29, 0.717) is 11.7 Å². The van der Waals surface area contributed by atoms with E-state index < -0.39 is 0 Å². The van der Waals surface area contributed by atoms with Gasteiger partial charge in [0.1, 0.15) is 5.75 Å². The maximum Gasteiger partial charge on any atom is 0.412 e. The van der Waals surface area contributed by atoms with Gasteiger partial charge >= 0.3 is 6.09 Å². The predicted molar refractivity (Wildman–Crippen MR) is 126 cm³/mol. The molecule has 1 fully saturated rings. The summed E-state index contributed by atoms with van der Waals surface area (Å²) in [6.45, 7) is 0.958. The molecule has 2 heterocycles. The number of nitrogens with zero attached hydrogens (tertiary/aromatic N) is 2. The lowest BCUT2D eigenvalue weighted by Gasteiger charge is -2.08. The van der Waals surface area contributed by atoms with Crippen molar-refractivity contribution < 1.29 is 9.53 Å². The highest BCUT2D eigenvalue weighted by Crippen LogP contribution is 2.40. The first-order chi connectivity index (χ1) is 15.8. The van der Waals surface area contributed by atoms with E-state index in [4.69, 9.17) is 4.74 Å². The molecule has 0 saturated heterocycles. The number of aromatic nitrogens is 2. The standard InChI is InChI=1S/C27H27N3O2/c31-27(29-25-19-24(25)20-8-2-1-3-9-20)32-23-12-13-26-21(18-23)14-17-30(26)16-7-5-11-22-10-4-6-15-28-22/h1-4,6,8-10,12-15,17-18,24-25H,5,7,11,16,19H2,(H,29,31). The maximum absolute atomic E-state index is 12.3. The van der Waals surface area contributed by atoms with Crippen LogP contribution in [0.15, 0.2) is 85.2 Å². The van der Waals surface area contributed by atoms with Crippen molar-refractivity contribution in [2.45, 2.75) is 44.2 Å². The molecule has 2 aromatic heterocycles. The number of hydrogen-bond donors (Lipinski definition) is 1. The van der Waals surface area contributed by atoms with Crippen LogP contribution >= 0.6 is 0 Å². The van der Waals surface area contributed by atoms with Gasteiger partial charge in [0.2, 0.25) is 0 Å². The molecule has 0 aliphatic heterocycles. The number of amides is 1. The third-order valence-electron chi connectivity index (χ3n) is 6.08. The van der Waals surface area contributed by atoms with Gasteiger partial charge in [0, 0.05) is 47.5 Å². The fraction of sp³-hybridized carbons (Fsp3) is 0.259. The Kier molecular flexibility index (Phi) is 5.88. The van der Waals surface area contributed by atoms with Crippen LogP contribution in [0.1, 0.15) is 36.4 Å². The lowest BCUT2D eigenvalue weighted by atomic mass is 10.1. The number of fused-ring (bicyclic) bond motifs is 1. The molecule has 5 nitrogen and oxygen atoms in total. The van der Waals surface area contributed by atoms with E-state index in [-0.39, 0.29) is 12.1 Å². The Hall–Kier alpha value is -3.60. The lowest BCUT2D eigenvalue weighted by Crippen LogP contribution is -2.29. The summed E-state index contributed by atoms with van der Waals surface area (Å²) in [5, 5.41) is 4.06. The molecule has 4 aromatic rings. The third kappa shape index (κ3) is 4.83. The molecule has 2 unspecified atom stereocenters. The topological polar surface area (TPSA) is 56.1 Å². The number of benzene rings is 2. The Labute approximate surface area is 188 Å². The normalized spacial score (nSPS) is 17.2. The van der Waals surface area contributed by atoms with Crippen molar-refractivity contribution in [3.63, 3.8) is 0 Å². The molecule has 1 aliphatic carbocycles. The highest BCUT2D eigenvalue weighted by Gasteiger charge is 2.39. The quantitative estimate of drug-likeness (QED) is 0.368. The molecule has 0 bridgehead atoms. The summed E-state index contributed by atoms with van der Waals surface area (Å²) in [6, 6.07) is 24.4. The average molecular weight is 426 g/mol. The number of carbonyl (C=O) groups excluding carboxylic acids is 1. The van der Waals surface area contributed by atoms with E-state index in [1.54, 1.807) is 0 Å². The van der Waals surface area contributed by atoms with Gasteiger partial charge in [-0.15, -0.1) is 0 Å². The van der Waals surface area contributed by atoms with Gasteiger partial charge in [-0.05, 0) is 67.6 Å². The Morgan fingerprint density at radius 2 is 1.91 bits per heavy atom. The van der Waals surface area contributed by atoms with Gasteiger partial charge in [-0.2, -0.15) is 0 Å². The molecule has 5 rings (SSSR count). The summed E-state index contributed by atoms with van der Waals surface area (Å²) < 4.78 is 7.80. The van der Waals surface area contributed by atoms with E-state index in [2.05, 4.69) is 45.3 Å². The number of aryl methyl sites for hydroxylation is 2. The zero-order chi connectivity index (χ0) is 21.8. The SMILES string of the molecule is O=C(NC1CC1c1ccccc1)Oc1ccc2c(ccn2CCCCc2ccccn2)c1. The third-order valence-corrected chi connectivity index (χ3v) is 6.08. The van der Waals surface area contributed by atoms with Crippen LogP contribution in [-0.2, 0) is 13.0 Å². The fourth-order valence-electron chi connectivity index (χ4n) is 4.28. The van der Waals surface area contributed by atoms with Crippen molar-refractivity contribution in [2.75, 3.05) is 0 Å². The van der Waals surface area contributed by atoms with E-state index in [0.717, 1.165) is 48.8 Å². The van der Waals surface area contributed by atoms with Gasteiger partial charge in [0.25, 0.3) is 0 Å². The van der Waals surface area contributed by atoms with Gasteiger partial charge in [-0.3, -0.25) is 4.98 Å². The second-order valence-electron chi connectivity index (χ2n) is 8.40. The highest BCUT2D eigenvalue weighted by molar-refractivity contribution is 5.83. The van der Waals surface area contributed by atoms with Gasteiger partial charge in [-0.1, -0.05) is 36.4 Å². The first-order valence-electron chi connectivity index (χ1n) is 11.3.